The minimum Gasteiger partial charge on any atom is -0.497 e. The van der Waals surface area contributed by atoms with Crippen LogP contribution >= 0.6 is 11.6 Å². The van der Waals surface area contributed by atoms with E-state index < -0.39 is 0 Å². The van der Waals surface area contributed by atoms with Crippen LogP contribution in [0.3, 0.4) is 0 Å². The number of halogens is 1. The Labute approximate surface area is 157 Å². The van der Waals surface area contributed by atoms with E-state index in [0.717, 1.165) is 0 Å². The summed E-state index contributed by atoms with van der Waals surface area (Å²) in [7, 11) is 1.58. The number of rotatable bonds is 4. The molecule has 3 rings (SSSR count). The van der Waals surface area contributed by atoms with Crippen LogP contribution in [0.4, 0.5) is 5.69 Å². The Hall–Kier alpha value is -2.53. The molecule has 1 fully saturated rings. The van der Waals surface area contributed by atoms with Crippen molar-refractivity contribution in [3.63, 3.8) is 0 Å². The SMILES string of the molecule is COc1cccc(C(=O)N2CCC(C(=O)Nc3ccccc3Cl)CC2)c1. The molecule has 1 heterocycles. The second-order valence-electron chi connectivity index (χ2n) is 6.27. The predicted molar refractivity (Wildman–Crippen MR) is 102 cm³/mol. The van der Waals surface area contributed by atoms with Crippen LogP contribution < -0.4 is 10.1 Å². The number of benzene rings is 2. The fourth-order valence-electron chi connectivity index (χ4n) is 3.08. The van der Waals surface area contributed by atoms with E-state index in [-0.39, 0.29) is 17.7 Å². The zero-order valence-electron chi connectivity index (χ0n) is 14.6. The Morgan fingerprint density at radius 1 is 1.12 bits per heavy atom. The van der Waals surface area contributed by atoms with Crippen molar-refractivity contribution in [3.05, 3.63) is 59.1 Å². The number of ether oxygens (including phenoxy) is 1. The molecule has 0 spiro atoms. The van der Waals surface area contributed by atoms with Crippen LogP contribution in [0.15, 0.2) is 48.5 Å². The number of carbonyl (C=O) groups excluding carboxylic acids is 2. The third-order valence-electron chi connectivity index (χ3n) is 4.60. The van der Waals surface area contributed by atoms with Gasteiger partial charge in [-0.2, -0.15) is 0 Å². The molecule has 1 aliphatic heterocycles. The lowest BCUT2D eigenvalue weighted by atomic mass is 9.95. The summed E-state index contributed by atoms with van der Waals surface area (Å²) in [5, 5.41) is 3.40. The Morgan fingerprint density at radius 3 is 2.54 bits per heavy atom. The van der Waals surface area contributed by atoms with Gasteiger partial charge in [-0.25, -0.2) is 0 Å². The zero-order valence-corrected chi connectivity index (χ0v) is 15.3. The van der Waals surface area contributed by atoms with Crippen molar-refractivity contribution in [2.24, 2.45) is 5.92 Å². The van der Waals surface area contributed by atoms with Crippen molar-refractivity contribution in [2.75, 3.05) is 25.5 Å². The molecule has 0 unspecified atom stereocenters. The minimum atomic E-state index is -0.124. The molecular weight excluding hydrogens is 352 g/mol. The summed E-state index contributed by atoms with van der Waals surface area (Å²) < 4.78 is 5.17. The highest BCUT2D eigenvalue weighted by atomic mass is 35.5. The maximum Gasteiger partial charge on any atom is 0.253 e. The third-order valence-corrected chi connectivity index (χ3v) is 4.93. The highest BCUT2D eigenvalue weighted by Gasteiger charge is 2.28. The Kier molecular flexibility index (Phi) is 5.78. The highest BCUT2D eigenvalue weighted by Crippen LogP contribution is 2.25. The molecule has 0 bridgehead atoms. The smallest absolute Gasteiger partial charge is 0.253 e. The van der Waals surface area contributed by atoms with Gasteiger partial charge in [0.25, 0.3) is 5.91 Å². The molecule has 2 amide bonds. The largest absolute Gasteiger partial charge is 0.497 e. The number of methoxy groups -OCH3 is 1. The van der Waals surface area contributed by atoms with Crippen molar-refractivity contribution < 1.29 is 14.3 Å². The van der Waals surface area contributed by atoms with E-state index in [1.807, 2.05) is 18.2 Å². The van der Waals surface area contributed by atoms with Crippen LogP contribution in [0.1, 0.15) is 23.2 Å². The van der Waals surface area contributed by atoms with Crippen LogP contribution in [-0.2, 0) is 4.79 Å². The molecule has 1 N–H and O–H groups in total. The fraction of sp³-hybridized carbons (Fsp3) is 0.300. The van der Waals surface area contributed by atoms with E-state index in [2.05, 4.69) is 5.32 Å². The quantitative estimate of drug-likeness (QED) is 0.887. The van der Waals surface area contributed by atoms with Crippen molar-refractivity contribution in [2.45, 2.75) is 12.8 Å². The van der Waals surface area contributed by atoms with Gasteiger partial charge in [-0.1, -0.05) is 29.8 Å². The van der Waals surface area contributed by atoms with Crippen molar-refractivity contribution in [1.82, 2.24) is 4.90 Å². The number of nitrogens with one attached hydrogen (secondary N) is 1. The average Bonchev–Trinajstić information content (AvgIpc) is 2.69. The number of nitrogens with zero attached hydrogens (tertiary/aromatic N) is 1. The molecule has 2 aromatic rings. The lowest BCUT2D eigenvalue weighted by molar-refractivity contribution is -0.121. The molecule has 6 heteroatoms. The standard InChI is InChI=1S/C20H21ClN2O3/c1-26-16-6-4-5-15(13-16)20(25)23-11-9-14(10-12-23)19(24)22-18-8-3-2-7-17(18)21/h2-8,13-14H,9-12H2,1H3,(H,22,24). The summed E-state index contributed by atoms with van der Waals surface area (Å²) in [6.07, 6.45) is 1.26. The first-order valence-electron chi connectivity index (χ1n) is 8.57. The Balaban J connectivity index is 1.57. The lowest BCUT2D eigenvalue weighted by Crippen LogP contribution is -2.41. The topological polar surface area (TPSA) is 58.6 Å². The number of amides is 2. The zero-order chi connectivity index (χ0) is 18.5. The normalized spacial score (nSPS) is 14.8. The van der Waals surface area contributed by atoms with E-state index in [0.29, 0.717) is 48.0 Å². The van der Waals surface area contributed by atoms with Gasteiger partial charge in [-0.05, 0) is 43.2 Å². The molecule has 0 saturated carbocycles. The van der Waals surface area contributed by atoms with Gasteiger partial charge in [-0.3, -0.25) is 9.59 Å². The Bertz CT molecular complexity index is 801. The van der Waals surface area contributed by atoms with Gasteiger partial charge in [0.1, 0.15) is 5.75 Å². The van der Waals surface area contributed by atoms with Gasteiger partial charge < -0.3 is 15.0 Å². The van der Waals surface area contributed by atoms with Crippen molar-refractivity contribution in [1.29, 1.82) is 0 Å². The second-order valence-corrected chi connectivity index (χ2v) is 6.67. The summed E-state index contributed by atoms with van der Waals surface area (Å²) in [4.78, 5) is 26.9. The summed E-state index contributed by atoms with van der Waals surface area (Å²) in [5.41, 5.74) is 1.22. The number of hydrogen-bond donors (Lipinski definition) is 1. The lowest BCUT2D eigenvalue weighted by Gasteiger charge is -2.31. The third kappa shape index (κ3) is 4.17. The highest BCUT2D eigenvalue weighted by molar-refractivity contribution is 6.33. The molecule has 1 aliphatic rings. The van der Waals surface area contributed by atoms with Crippen LogP contribution in [0.2, 0.25) is 5.02 Å². The minimum absolute atomic E-state index is 0.0335. The summed E-state index contributed by atoms with van der Waals surface area (Å²) in [6.45, 7) is 1.10. The van der Waals surface area contributed by atoms with Gasteiger partial charge in [-0.15, -0.1) is 0 Å². The fourth-order valence-corrected chi connectivity index (χ4v) is 3.26. The number of anilines is 1. The van der Waals surface area contributed by atoms with Gasteiger partial charge in [0.2, 0.25) is 5.91 Å². The van der Waals surface area contributed by atoms with Crippen molar-refractivity contribution in [3.8, 4) is 5.75 Å². The first-order valence-corrected chi connectivity index (χ1v) is 8.95. The first kappa shape index (κ1) is 18.3. The molecule has 2 aromatic carbocycles. The van der Waals surface area contributed by atoms with Gasteiger partial charge in [0.15, 0.2) is 0 Å². The molecule has 0 aromatic heterocycles. The predicted octanol–water partition coefficient (Wildman–Crippen LogP) is 3.84. The molecular formula is C20H21ClN2O3. The maximum absolute atomic E-state index is 12.6. The monoisotopic (exact) mass is 372 g/mol. The summed E-state index contributed by atoms with van der Waals surface area (Å²) >= 11 is 6.09. The summed E-state index contributed by atoms with van der Waals surface area (Å²) in [6, 6.07) is 14.3. The number of likely N-dealkylation sites (tertiary alicyclic amines) is 1. The van der Waals surface area contributed by atoms with E-state index in [1.54, 1.807) is 42.3 Å². The van der Waals surface area contributed by atoms with E-state index in [9.17, 15) is 9.59 Å². The summed E-state index contributed by atoms with van der Waals surface area (Å²) in [5.74, 6) is 0.450. The second kappa shape index (κ2) is 8.23. The van der Waals surface area contributed by atoms with Crippen LogP contribution in [-0.4, -0.2) is 36.9 Å². The molecule has 136 valence electrons. The van der Waals surface area contributed by atoms with Gasteiger partial charge >= 0.3 is 0 Å². The molecule has 0 radical (unpaired) electrons. The van der Waals surface area contributed by atoms with Crippen LogP contribution in [0, 0.1) is 5.92 Å². The van der Waals surface area contributed by atoms with Crippen molar-refractivity contribution >= 4 is 29.1 Å². The number of para-hydroxylation sites is 1. The van der Waals surface area contributed by atoms with E-state index >= 15 is 0 Å². The van der Waals surface area contributed by atoms with Gasteiger partial charge in [0.05, 0.1) is 17.8 Å². The molecule has 1 saturated heterocycles. The number of piperidine rings is 1. The first-order chi connectivity index (χ1) is 12.6. The average molecular weight is 373 g/mol. The van der Waals surface area contributed by atoms with Gasteiger partial charge in [0, 0.05) is 24.6 Å². The number of hydrogen-bond acceptors (Lipinski definition) is 3. The van der Waals surface area contributed by atoms with E-state index in [4.69, 9.17) is 16.3 Å². The van der Waals surface area contributed by atoms with Crippen LogP contribution in [0.25, 0.3) is 0 Å². The number of carbonyl (C=O) groups is 2. The maximum atomic E-state index is 12.6. The molecule has 0 aliphatic carbocycles. The molecule has 5 nitrogen and oxygen atoms in total. The van der Waals surface area contributed by atoms with Crippen LogP contribution in [0.5, 0.6) is 5.75 Å². The molecule has 26 heavy (non-hydrogen) atoms. The Morgan fingerprint density at radius 2 is 1.85 bits per heavy atom. The molecule has 0 atom stereocenters. The van der Waals surface area contributed by atoms with E-state index in [1.165, 1.54) is 0 Å².